The van der Waals surface area contributed by atoms with Gasteiger partial charge in [-0.05, 0) is 18.1 Å². The molecule has 3 rings (SSSR count). The number of fused-ring (bicyclic) bond motifs is 1. The van der Waals surface area contributed by atoms with Crippen LogP contribution in [-0.4, -0.2) is 53.8 Å². The Morgan fingerprint density at radius 1 is 1.27 bits per heavy atom. The van der Waals surface area contributed by atoms with Crippen molar-refractivity contribution in [2.75, 3.05) is 33.4 Å². The van der Waals surface area contributed by atoms with Gasteiger partial charge in [0.05, 0.1) is 13.7 Å². The average molecular weight is 414 g/mol. The molecule has 0 aliphatic carbocycles. The second-order valence-corrected chi connectivity index (χ2v) is 7.80. The number of carbonyl (C=O) groups excluding carboxylic acids is 1. The molecule has 0 saturated carbocycles. The molecule has 3 heterocycles. The Morgan fingerprint density at radius 2 is 2.10 bits per heavy atom. The Kier molecular flexibility index (Phi) is 7.63. The molecule has 0 spiro atoms. The molecule has 1 aliphatic rings. The zero-order valence-corrected chi connectivity index (χ0v) is 18.1. The van der Waals surface area contributed by atoms with Crippen LogP contribution in [-0.2, 0) is 24.1 Å². The summed E-state index contributed by atoms with van der Waals surface area (Å²) in [7, 11) is 1.36. The third-order valence-corrected chi connectivity index (χ3v) is 5.68. The van der Waals surface area contributed by atoms with Crippen molar-refractivity contribution in [1.82, 2.24) is 14.5 Å². The first-order valence-electron chi connectivity index (χ1n) is 10.6. The van der Waals surface area contributed by atoms with Crippen molar-refractivity contribution in [3.63, 3.8) is 0 Å². The Bertz CT molecular complexity index is 911. The summed E-state index contributed by atoms with van der Waals surface area (Å²) < 4.78 is 12.6. The molecule has 0 bridgehead atoms. The molecule has 162 valence electrons. The van der Waals surface area contributed by atoms with Gasteiger partial charge in [-0.3, -0.25) is 9.78 Å². The molecule has 7 nitrogen and oxygen atoms in total. The number of rotatable bonds is 8. The number of nitrogens with zero attached hydrogens (tertiary/aromatic N) is 3. The lowest BCUT2D eigenvalue weighted by Crippen LogP contribution is -2.32. The highest BCUT2D eigenvalue weighted by molar-refractivity contribution is 5.93. The number of esters is 1. The number of pyridine rings is 2. The smallest absolute Gasteiger partial charge is 0.343 e. The predicted molar refractivity (Wildman–Crippen MR) is 115 cm³/mol. The first kappa shape index (κ1) is 22.0. The topological polar surface area (TPSA) is 73.7 Å². The summed E-state index contributed by atoms with van der Waals surface area (Å²) in [6, 6.07) is 7.11. The van der Waals surface area contributed by atoms with Gasteiger partial charge in [0.2, 0.25) is 0 Å². The van der Waals surface area contributed by atoms with E-state index < -0.39 is 5.97 Å². The Morgan fingerprint density at radius 3 is 2.80 bits per heavy atom. The van der Waals surface area contributed by atoms with E-state index in [9.17, 15) is 9.59 Å². The van der Waals surface area contributed by atoms with Crippen molar-refractivity contribution in [2.45, 2.75) is 39.7 Å². The lowest BCUT2D eigenvalue weighted by Gasteiger charge is -2.22. The van der Waals surface area contributed by atoms with Crippen LogP contribution in [0.25, 0.3) is 0 Å². The van der Waals surface area contributed by atoms with Crippen molar-refractivity contribution < 1.29 is 14.3 Å². The molecule has 0 radical (unpaired) electrons. The van der Waals surface area contributed by atoms with Crippen molar-refractivity contribution in [1.29, 1.82) is 0 Å². The van der Waals surface area contributed by atoms with Crippen LogP contribution in [0.5, 0.6) is 5.75 Å². The highest BCUT2D eigenvalue weighted by Crippen LogP contribution is 2.24. The monoisotopic (exact) mass is 413 g/mol. The third kappa shape index (κ3) is 5.27. The zero-order chi connectivity index (χ0) is 21.5. The molecule has 30 heavy (non-hydrogen) atoms. The summed E-state index contributed by atoms with van der Waals surface area (Å²) in [6.07, 6.45) is 4.04. The van der Waals surface area contributed by atoms with E-state index >= 15 is 0 Å². The summed E-state index contributed by atoms with van der Waals surface area (Å²) in [6.45, 7) is 7.87. The fourth-order valence-corrected chi connectivity index (χ4v) is 3.79. The van der Waals surface area contributed by atoms with E-state index in [4.69, 9.17) is 9.47 Å². The number of aromatic nitrogens is 2. The van der Waals surface area contributed by atoms with Gasteiger partial charge in [-0.2, -0.15) is 0 Å². The summed E-state index contributed by atoms with van der Waals surface area (Å²) in [5.41, 5.74) is 1.82. The molecule has 0 N–H and O–H groups in total. The molecule has 0 unspecified atom stereocenters. The van der Waals surface area contributed by atoms with E-state index in [0.717, 1.165) is 31.7 Å². The van der Waals surface area contributed by atoms with Gasteiger partial charge in [0.15, 0.2) is 0 Å². The van der Waals surface area contributed by atoms with Crippen molar-refractivity contribution >= 4 is 5.97 Å². The normalized spacial score (nSPS) is 15.2. The van der Waals surface area contributed by atoms with Crippen LogP contribution >= 0.6 is 0 Å². The first-order valence-corrected chi connectivity index (χ1v) is 10.6. The highest BCUT2D eigenvalue weighted by atomic mass is 16.5. The molecule has 1 aliphatic heterocycles. The molecule has 0 fully saturated rings. The Hall–Kier alpha value is -2.67. The van der Waals surface area contributed by atoms with Crippen LogP contribution in [0.4, 0.5) is 0 Å². The molecule has 1 atom stereocenters. The van der Waals surface area contributed by atoms with Crippen LogP contribution in [0.1, 0.15) is 42.0 Å². The average Bonchev–Trinajstić information content (AvgIpc) is 2.97. The SMILES string of the molecule is CC[C@@H](C)CN1CCc2c(C(=O)OC)c(OCCc3ccccn3)cc(=O)n2CC1. The van der Waals surface area contributed by atoms with Crippen LogP contribution in [0.3, 0.4) is 0 Å². The van der Waals surface area contributed by atoms with E-state index in [1.165, 1.54) is 13.2 Å². The van der Waals surface area contributed by atoms with E-state index in [1.54, 1.807) is 10.8 Å². The Balaban J connectivity index is 1.84. The van der Waals surface area contributed by atoms with Gasteiger partial charge in [-0.15, -0.1) is 0 Å². The maximum absolute atomic E-state index is 12.8. The van der Waals surface area contributed by atoms with Gasteiger partial charge >= 0.3 is 5.97 Å². The molecule has 0 amide bonds. The van der Waals surface area contributed by atoms with E-state index in [1.807, 2.05) is 18.2 Å². The van der Waals surface area contributed by atoms with Gasteiger partial charge in [0.25, 0.3) is 5.56 Å². The van der Waals surface area contributed by atoms with Gasteiger partial charge in [-0.25, -0.2) is 4.79 Å². The van der Waals surface area contributed by atoms with Crippen LogP contribution < -0.4 is 10.3 Å². The van der Waals surface area contributed by atoms with Gasteiger partial charge in [-0.1, -0.05) is 26.3 Å². The molecule has 2 aromatic rings. The number of ether oxygens (including phenoxy) is 2. The van der Waals surface area contributed by atoms with E-state index in [2.05, 4.69) is 23.7 Å². The van der Waals surface area contributed by atoms with Crippen molar-refractivity contribution in [2.24, 2.45) is 5.92 Å². The number of carbonyl (C=O) groups is 1. The lowest BCUT2D eigenvalue weighted by atomic mass is 10.1. The third-order valence-electron chi connectivity index (χ3n) is 5.68. The molecular formula is C23H31N3O4. The minimum Gasteiger partial charge on any atom is -0.492 e. The van der Waals surface area contributed by atoms with Crippen molar-refractivity contribution in [3.8, 4) is 5.75 Å². The number of methoxy groups -OCH3 is 1. The second-order valence-electron chi connectivity index (χ2n) is 7.80. The first-order chi connectivity index (χ1) is 14.5. The molecule has 0 aromatic carbocycles. The largest absolute Gasteiger partial charge is 0.492 e. The molecule has 7 heteroatoms. The quantitative estimate of drug-likeness (QED) is 0.620. The predicted octanol–water partition coefficient (Wildman–Crippen LogP) is 2.56. The maximum Gasteiger partial charge on any atom is 0.343 e. The number of hydrogen-bond donors (Lipinski definition) is 0. The molecular weight excluding hydrogens is 382 g/mol. The summed E-state index contributed by atoms with van der Waals surface area (Å²) in [5, 5.41) is 0. The summed E-state index contributed by atoms with van der Waals surface area (Å²) in [5.74, 6) is 0.417. The minimum absolute atomic E-state index is 0.143. The van der Waals surface area contributed by atoms with Gasteiger partial charge < -0.3 is 18.9 Å². The zero-order valence-electron chi connectivity index (χ0n) is 18.1. The molecule has 2 aromatic heterocycles. The summed E-state index contributed by atoms with van der Waals surface area (Å²) >= 11 is 0. The number of hydrogen-bond acceptors (Lipinski definition) is 6. The van der Waals surface area contributed by atoms with Crippen LogP contribution in [0.2, 0.25) is 0 Å². The maximum atomic E-state index is 12.8. The molecule has 0 saturated heterocycles. The standard InChI is InChI=1S/C23H31N3O4/c1-4-17(2)16-25-11-8-19-22(23(28)29-3)20(15-21(27)26(19)13-12-25)30-14-9-18-7-5-6-10-24-18/h5-7,10,15,17H,4,8-9,11-14,16H2,1-3H3/t17-/m1/s1. The fraction of sp³-hybridized carbons (Fsp3) is 0.522. The minimum atomic E-state index is -0.470. The highest BCUT2D eigenvalue weighted by Gasteiger charge is 2.26. The van der Waals surface area contributed by atoms with Crippen molar-refractivity contribution in [3.05, 3.63) is 57.8 Å². The Labute approximate surface area is 177 Å². The van der Waals surface area contributed by atoms with E-state index in [-0.39, 0.29) is 5.56 Å². The lowest BCUT2D eigenvalue weighted by molar-refractivity contribution is 0.0593. The van der Waals surface area contributed by atoms with Crippen LogP contribution in [0, 0.1) is 5.92 Å². The van der Waals surface area contributed by atoms with Gasteiger partial charge in [0.1, 0.15) is 11.3 Å². The van der Waals surface area contributed by atoms with E-state index in [0.29, 0.717) is 48.9 Å². The van der Waals surface area contributed by atoms with Crippen LogP contribution in [0.15, 0.2) is 35.3 Å². The van der Waals surface area contributed by atoms with Gasteiger partial charge in [0, 0.05) is 62.7 Å². The second kappa shape index (κ2) is 10.4. The fourth-order valence-electron chi connectivity index (χ4n) is 3.79. The summed E-state index contributed by atoms with van der Waals surface area (Å²) in [4.78, 5) is 32.1.